The van der Waals surface area contributed by atoms with E-state index >= 15 is 0 Å². The fourth-order valence-corrected chi connectivity index (χ4v) is 4.40. The molecule has 0 aliphatic rings. The van der Waals surface area contributed by atoms with Gasteiger partial charge in [0, 0.05) is 19.4 Å². The van der Waals surface area contributed by atoms with Crippen molar-refractivity contribution in [1.82, 2.24) is 24.4 Å². The smallest absolute Gasteiger partial charge is 0.268 e. The predicted octanol–water partition coefficient (Wildman–Crippen LogP) is 3.06. The highest BCUT2D eigenvalue weighted by molar-refractivity contribution is 7.99. The molecule has 0 saturated carbocycles. The van der Waals surface area contributed by atoms with Gasteiger partial charge in [0.05, 0.1) is 23.5 Å². The van der Waals surface area contributed by atoms with E-state index in [1.807, 2.05) is 5.38 Å². The van der Waals surface area contributed by atoms with E-state index in [-0.39, 0.29) is 29.6 Å². The summed E-state index contributed by atoms with van der Waals surface area (Å²) in [7, 11) is 1.65. The second-order valence-electron chi connectivity index (χ2n) is 6.25. The van der Waals surface area contributed by atoms with Crippen molar-refractivity contribution in [1.29, 1.82) is 0 Å². The van der Waals surface area contributed by atoms with E-state index in [1.165, 1.54) is 40.1 Å². The minimum Gasteiger partial charge on any atom is -0.338 e. The monoisotopic (exact) mass is 429 g/mol. The van der Waals surface area contributed by atoms with Gasteiger partial charge in [-0.25, -0.2) is 14.4 Å². The fraction of sp³-hybridized carbons (Fsp3) is 0.158. The van der Waals surface area contributed by atoms with Crippen molar-refractivity contribution in [3.05, 3.63) is 70.1 Å². The van der Waals surface area contributed by atoms with E-state index in [0.29, 0.717) is 26.9 Å². The van der Waals surface area contributed by atoms with Gasteiger partial charge in [-0.1, -0.05) is 17.8 Å². The highest BCUT2D eigenvalue weighted by Crippen LogP contribution is 2.21. The van der Waals surface area contributed by atoms with Gasteiger partial charge in [-0.15, -0.1) is 11.3 Å². The zero-order chi connectivity index (χ0) is 20.4. The normalized spacial score (nSPS) is 11.1. The van der Waals surface area contributed by atoms with Gasteiger partial charge in [0.25, 0.3) is 5.56 Å². The van der Waals surface area contributed by atoms with Crippen LogP contribution in [0.1, 0.15) is 5.82 Å². The SMILES string of the molecule is CN(Cc1nc2ccsc2c(=O)[nH]1)C(=O)CSc1nccn1-c1cccc(F)c1. The van der Waals surface area contributed by atoms with Gasteiger partial charge in [0.2, 0.25) is 5.91 Å². The molecule has 1 aromatic carbocycles. The standard InChI is InChI=1S/C19H16FN5O2S2/c1-24(10-15-22-14-5-8-28-17(14)18(27)23-15)16(26)11-29-19-21-6-7-25(19)13-4-2-3-12(20)9-13/h2-9H,10-11H2,1H3,(H,22,23,27). The number of hydrogen-bond acceptors (Lipinski definition) is 6. The van der Waals surface area contributed by atoms with Crippen LogP contribution in [-0.2, 0) is 11.3 Å². The number of aromatic amines is 1. The van der Waals surface area contributed by atoms with E-state index in [4.69, 9.17) is 0 Å². The van der Waals surface area contributed by atoms with Gasteiger partial charge in [-0.2, -0.15) is 0 Å². The third-order valence-corrected chi connectivity index (χ3v) is 6.05. The first kappa shape index (κ1) is 19.3. The highest BCUT2D eigenvalue weighted by atomic mass is 32.2. The first-order chi connectivity index (χ1) is 14.0. The first-order valence-electron chi connectivity index (χ1n) is 8.64. The molecule has 3 heterocycles. The van der Waals surface area contributed by atoms with E-state index in [1.54, 1.807) is 42.2 Å². The number of thiophene rings is 1. The summed E-state index contributed by atoms with van der Waals surface area (Å²) in [5.74, 6) is 0.0974. The summed E-state index contributed by atoms with van der Waals surface area (Å²) in [6.45, 7) is 0.193. The van der Waals surface area contributed by atoms with E-state index in [2.05, 4.69) is 15.0 Å². The number of hydrogen-bond donors (Lipinski definition) is 1. The molecule has 0 aliphatic heterocycles. The molecular weight excluding hydrogens is 413 g/mol. The molecule has 0 spiro atoms. The summed E-state index contributed by atoms with van der Waals surface area (Å²) in [5, 5.41) is 2.40. The van der Waals surface area contributed by atoms with Crippen LogP contribution in [-0.4, -0.2) is 43.1 Å². The number of rotatable bonds is 6. The lowest BCUT2D eigenvalue weighted by Gasteiger charge is -2.16. The number of carbonyl (C=O) groups is 1. The Morgan fingerprint density at radius 2 is 2.24 bits per heavy atom. The Morgan fingerprint density at radius 1 is 1.38 bits per heavy atom. The van der Waals surface area contributed by atoms with E-state index in [9.17, 15) is 14.0 Å². The molecule has 4 rings (SSSR count). The number of thioether (sulfide) groups is 1. The van der Waals surface area contributed by atoms with Gasteiger partial charge < -0.3 is 9.88 Å². The number of carbonyl (C=O) groups excluding carboxylic acids is 1. The number of benzene rings is 1. The number of nitrogens with one attached hydrogen (secondary N) is 1. The average molecular weight is 430 g/mol. The minimum absolute atomic E-state index is 0.142. The zero-order valence-corrected chi connectivity index (χ0v) is 17.0. The molecular formula is C19H16FN5O2S2. The molecule has 7 nitrogen and oxygen atoms in total. The zero-order valence-electron chi connectivity index (χ0n) is 15.3. The van der Waals surface area contributed by atoms with Crippen molar-refractivity contribution in [2.24, 2.45) is 0 Å². The lowest BCUT2D eigenvalue weighted by atomic mass is 10.3. The summed E-state index contributed by atoms with van der Waals surface area (Å²) in [6, 6.07) is 7.95. The molecule has 0 fully saturated rings. The minimum atomic E-state index is -0.341. The van der Waals surface area contributed by atoms with Crippen LogP contribution in [0.25, 0.3) is 15.9 Å². The Kier molecular flexibility index (Phi) is 5.45. The van der Waals surface area contributed by atoms with Gasteiger partial charge in [-0.3, -0.25) is 14.2 Å². The molecule has 0 radical (unpaired) electrons. The van der Waals surface area contributed by atoms with Crippen LogP contribution in [0.2, 0.25) is 0 Å². The number of fused-ring (bicyclic) bond motifs is 1. The second-order valence-corrected chi connectivity index (χ2v) is 8.10. The van der Waals surface area contributed by atoms with Crippen molar-refractivity contribution in [2.45, 2.75) is 11.7 Å². The topological polar surface area (TPSA) is 83.9 Å². The van der Waals surface area contributed by atoms with Crippen LogP contribution in [0, 0.1) is 5.82 Å². The van der Waals surface area contributed by atoms with Crippen LogP contribution < -0.4 is 5.56 Å². The molecule has 0 atom stereocenters. The van der Waals surface area contributed by atoms with Crippen LogP contribution in [0.3, 0.4) is 0 Å². The second kappa shape index (κ2) is 8.18. The molecule has 0 saturated heterocycles. The van der Waals surface area contributed by atoms with Crippen molar-refractivity contribution >= 4 is 39.2 Å². The Balaban J connectivity index is 1.42. The van der Waals surface area contributed by atoms with E-state index in [0.717, 1.165) is 0 Å². The maximum atomic E-state index is 13.5. The van der Waals surface area contributed by atoms with Crippen LogP contribution in [0.4, 0.5) is 4.39 Å². The van der Waals surface area contributed by atoms with Crippen molar-refractivity contribution in [2.75, 3.05) is 12.8 Å². The predicted molar refractivity (Wildman–Crippen MR) is 111 cm³/mol. The Hall–Kier alpha value is -2.98. The molecule has 0 unspecified atom stereocenters. The molecule has 0 aliphatic carbocycles. The molecule has 1 amide bonds. The molecule has 10 heteroatoms. The van der Waals surface area contributed by atoms with Crippen molar-refractivity contribution in [3.63, 3.8) is 0 Å². The van der Waals surface area contributed by atoms with E-state index < -0.39 is 0 Å². The quantitative estimate of drug-likeness (QED) is 0.476. The molecule has 3 aromatic heterocycles. The van der Waals surface area contributed by atoms with Crippen LogP contribution in [0.15, 0.2) is 58.1 Å². The average Bonchev–Trinajstić information content (AvgIpc) is 3.35. The largest absolute Gasteiger partial charge is 0.338 e. The molecule has 0 bridgehead atoms. The molecule has 148 valence electrons. The van der Waals surface area contributed by atoms with Crippen molar-refractivity contribution in [3.8, 4) is 5.69 Å². The first-order valence-corrected chi connectivity index (χ1v) is 10.5. The van der Waals surface area contributed by atoms with Gasteiger partial charge in [0.1, 0.15) is 16.3 Å². The number of halogens is 1. The summed E-state index contributed by atoms with van der Waals surface area (Å²) < 4.78 is 15.8. The maximum Gasteiger partial charge on any atom is 0.268 e. The third kappa shape index (κ3) is 4.22. The Bertz CT molecular complexity index is 1230. The number of amides is 1. The lowest BCUT2D eigenvalue weighted by molar-refractivity contribution is -0.127. The summed E-state index contributed by atoms with van der Waals surface area (Å²) in [6.07, 6.45) is 3.32. The number of aromatic nitrogens is 4. The third-order valence-electron chi connectivity index (χ3n) is 4.19. The Morgan fingerprint density at radius 3 is 3.07 bits per heavy atom. The fourth-order valence-electron chi connectivity index (χ4n) is 2.76. The summed E-state index contributed by atoms with van der Waals surface area (Å²) >= 11 is 2.59. The Labute approximate surface area is 173 Å². The van der Waals surface area contributed by atoms with Gasteiger partial charge in [-0.05, 0) is 29.6 Å². The molecule has 29 heavy (non-hydrogen) atoms. The lowest BCUT2D eigenvalue weighted by Crippen LogP contribution is -2.29. The number of imidazole rings is 1. The van der Waals surface area contributed by atoms with Crippen molar-refractivity contribution < 1.29 is 9.18 Å². The van der Waals surface area contributed by atoms with Crippen LogP contribution >= 0.6 is 23.1 Å². The number of H-pyrrole nitrogens is 1. The molecule has 1 N–H and O–H groups in total. The van der Waals surface area contributed by atoms with Crippen LogP contribution in [0.5, 0.6) is 0 Å². The summed E-state index contributed by atoms with van der Waals surface area (Å²) in [5.41, 5.74) is 1.06. The highest BCUT2D eigenvalue weighted by Gasteiger charge is 2.15. The summed E-state index contributed by atoms with van der Waals surface area (Å²) in [4.78, 5) is 37.5. The number of nitrogens with zero attached hydrogens (tertiary/aromatic N) is 4. The van der Waals surface area contributed by atoms with Gasteiger partial charge in [0.15, 0.2) is 5.16 Å². The maximum absolute atomic E-state index is 13.5. The molecule has 4 aromatic rings. The van der Waals surface area contributed by atoms with Gasteiger partial charge >= 0.3 is 0 Å².